The summed E-state index contributed by atoms with van der Waals surface area (Å²) in [6, 6.07) is 6.97. The Morgan fingerprint density at radius 2 is 2.00 bits per heavy atom. The fourth-order valence-corrected chi connectivity index (χ4v) is 2.45. The summed E-state index contributed by atoms with van der Waals surface area (Å²) in [7, 11) is 0. The molecule has 0 unspecified atom stereocenters. The Labute approximate surface area is 109 Å². The lowest BCUT2D eigenvalue weighted by Crippen LogP contribution is -1.98. The highest BCUT2D eigenvalue weighted by atomic mass is 16.4. The Morgan fingerprint density at radius 3 is 2.74 bits per heavy atom. The van der Waals surface area contributed by atoms with E-state index >= 15 is 0 Å². The van der Waals surface area contributed by atoms with Crippen molar-refractivity contribution in [3.63, 3.8) is 0 Å². The van der Waals surface area contributed by atoms with E-state index < -0.39 is 0 Å². The molecule has 2 heterocycles. The van der Waals surface area contributed by atoms with Gasteiger partial charge in [0, 0.05) is 28.5 Å². The van der Waals surface area contributed by atoms with E-state index in [4.69, 9.17) is 14.6 Å². The predicted octanol–water partition coefficient (Wildman–Crippen LogP) is 2.95. The molecule has 0 spiro atoms. The molecule has 0 saturated carbocycles. The van der Waals surface area contributed by atoms with Gasteiger partial charge in [-0.3, -0.25) is 0 Å². The largest absolute Gasteiger partial charge is 0.459 e. The van der Waals surface area contributed by atoms with Crippen LogP contribution in [0, 0.1) is 0 Å². The first-order chi connectivity index (χ1) is 9.22. The molecular formula is C15H15NO3. The van der Waals surface area contributed by atoms with Crippen molar-refractivity contribution in [3.05, 3.63) is 46.0 Å². The van der Waals surface area contributed by atoms with Crippen LogP contribution in [-0.2, 0) is 13.0 Å². The van der Waals surface area contributed by atoms with Crippen molar-refractivity contribution in [1.82, 2.24) is 0 Å². The van der Waals surface area contributed by atoms with Gasteiger partial charge >= 0.3 is 5.63 Å². The van der Waals surface area contributed by atoms with Crippen LogP contribution < -0.4 is 11.4 Å². The van der Waals surface area contributed by atoms with Gasteiger partial charge in [0.2, 0.25) is 0 Å². The third kappa shape index (κ3) is 1.94. The summed E-state index contributed by atoms with van der Waals surface area (Å²) >= 11 is 0. The first-order valence-electron chi connectivity index (χ1n) is 6.41. The van der Waals surface area contributed by atoms with Gasteiger partial charge < -0.3 is 14.6 Å². The molecule has 0 atom stereocenters. The Balaban J connectivity index is 2.35. The summed E-state index contributed by atoms with van der Waals surface area (Å²) in [6.45, 7) is 2.50. The van der Waals surface area contributed by atoms with E-state index in [9.17, 15) is 4.79 Å². The van der Waals surface area contributed by atoms with Crippen molar-refractivity contribution in [1.29, 1.82) is 0 Å². The average molecular weight is 257 g/mol. The SMILES string of the molecule is CCCc1c(CN)oc2cc3oc(=O)ccc3cc12. The summed E-state index contributed by atoms with van der Waals surface area (Å²) in [4.78, 5) is 11.2. The minimum Gasteiger partial charge on any atom is -0.459 e. The van der Waals surface area contributed by atoms with Gasteiger partial charge in [0.05, 0.1) is 6.54 Å². The van der Waals surface area contributed by atoms with E-state index in [-0.39, 0.29) is 5.63 Å². The van der Waals surface area contributed by atoms with Crippen molar-refractivity contribution in [2.75, 3.05) is 0 Å². The number of fused-ring (bicyclic) bond motifs is 2. The van der Waals surface area contributed by atoms with Crippen LogP contribution in [0.4, 0.5) is 0 Å². The first-order valence-corrected chi connectivity index (χ1v) is 6.41. The molecule has 0 saturated heterocycles. The van der Waals surface area contributed by atoms with E-state index in [1.165, 1.54) is 6.07 Å². The van der Waals surface area contributed by atoms with Crippen LogP contribution in [-0.4, -0.2) is 0 Å². The molecule has 2 aromatic heterocycles. The fraction of sp³-hybridized carbons (Fsp3) is 0.267. The second-order valence-corrected chi connectivity index (χ2v) is 4.60. The Bertz CT molecular complexity index is 798. The molecule has 0 aliphatic carbocycles. The van der Waals surface area contributed by atoms with E-state index in [0.717, 1.165) is 40.5 Å². The molecule has 4 heteroatoms. The normalized spacial score (nSPS) is 11.5. The molecule has 98 valence electrons. The van der Waals surface area contributed by atoms with E-state index in [0.29, 0.717) is 12.1 Å². The quantitative estimate of drug-likeness (QED) is 0.732. The van der Waals surface area contributed by atoms with Crippen molar-refractivity contribution in [2.45, 2.75) is 26.3 Å². The molecule has 3 rings (SSSR count). The summed E-state index contributed by atoms with van der Waals surface area (Å²) in [5.41, 5.74) is 7.80. The van der Waals surface area contributed by atoms with Gasteiger partial charge in [-0.05, 0) is 18.6 Å². The number of benzene rings is 1. The topological polar surface area (TPSA) is 69.4 Å². The second-order valence-electron chi connectivity index (χ2n) is 4.60. The van der Waals surface area contributed by atoms with Gasteiger partial charge in [0.1, 0.15) is 16.9 Å². The van der Waals surface area contributed by atoms with Crippen LogP contribution in [0.1, 0.15) is 24.7 Å². The maximum absolute atomic E-state index is 11.2. The lowest BCUT2D eigenvalue weighted by molar-refractivity contribution is 0.540. The maximum Gasteiger partial charge on any atom is 0.336 e. The zero-order chi connectivity index (χ0) is 13.4. The van der Waals surface area contributed by atoms with Gasteiger partial charge in [-0.25, -0.2) is 4.79 Å². The zero-order valence-electron chi connectivity index (χ0n) is 10.7. The Morgan fingerprint density at radius 1 is 1.16 bits per heavy atom. The van der Waals surface area contributed by atoms with Crippen molar-refractivity contribution in [3.8, 4) is 0 Å². The minimum atomic E-state index is -0.355. The molecule has 19 heavy (non-hydrogen) atoms. The van der Waals surface area contributed by atoms with Crippen molar-refractivity contribution in [2.24, 2.45) is 5.73 Å². The first kappa shape index (κ1) is 12.0. The number of rotatable bonds is 3. The highest BCUT2D eigenvalue weighted by molar-refractivity contribution is 5.95. The highest BCUT2D eigenvalue weighted by Gasteiger charge is 2.13. The van der Waals surface area contributed by atoms with Gasteiger partial charge in [-0.15, -0.1) is 0 Å². The number of aryl methyl sites for hydroxylation is 1. The van der Waals surface area contributed by atoms with Crippen LogP contribution >= 0.6 is 0 Å². The predicted molar refractivity (Wildman–Crippen MR) is 74.1 cm³/mol. The van der Waals surface area contributed by atoms with E-state index in [1.54, 1.807) is 12.1 Å². The molecule has 2 N–H and O–H groups in total. The molecule has 4 nitrogen and oxygen atoms in total. The zero-order valence-corrected chi connectivity index (χ0v) is 10.7. The molecule has 1 aromatic carbocycles. The third-order valence-electron chi connectivity index (χ3n) is 3.30. The summed E-state index contributed by atoms with van der Waals surface area (Å²) in [5.74, 6) is 0.814. The van der Waals surface area contributed by atoms with Gasteiger partial charge in [0.25, 0.3) is 0 Å². The van der Waals surface area contributed by atoms with E-state index in [2.05, 4.69) is 6.92 Å². The number of hydrogen-bond acceptors (Lipinski definition) is 4. The highest BCUT2D eigenvalue weighted by Crippen LogP contribution is 2.30. The van der Waals surface area contributed by atoms with Crippen LogP contribution in [0.15, 0.2) is 37.9 Å². The van der Waals surface area contributed by atoms with Gasteiger partial charge in [-0.2, -0.15) is 0 Å². The summed E-state index contributed by atoms with van der Waals surface area (Å²) in [6.07, 6.45) is 1.96. The monoisotopic (exact) mass is 257 g/mol. The average Bonchev–Trinajstić information content (AvgIpc) is 2.74. The molecule has 0 fully saturated rings. The lowest BCUT2D eigenvalue weighted by Gasteiger charge is -1.99. The van der Waals surface area contributed by atoms with Crippen LogP contribution in [0.5, 0.6) is 0 Å². The van der Waals surface area contributed by atoms with Crippen molar-refractivity contribution >= 4 is 21.9 Å². The molecule has 0 aliphatic heterocycles. The van der Waals surface area contributed by atoms with E-state index in [1.807, 2.05) is 6.07 Å². The molecule has 0 amide bonds. The number of hydrogen-bond donors (Lipinski definition) is 1. The third-order valence-corrected chi connectivity index (χ3v) is 3.30. The number of nitrogens with two attached hydrogens (primary N) is 1. The molecule has 0 aliphatic rings. The summed E-state index contributed by atoms with van der Waals surface area (Å²) < 4.78 is 10.9. The Kier molecular flexibility index (Phi) is 2.87. The standard InChI is InChI=1S/C15H15NO3/c1-2-3-10-11-6-9-4-5-15(17)19-12(9)7-13(11)18-14(10)8-16/h4-7H,2-3,8,16H2,1H3. The maximum atomic E-state index is 11.2. The van der Waals surface area contributed by atoms with Crippen LogP contribution in [0.3, 0.4) is 0 Å². The summed E-state index contributed by atoms with van der Waals surface area (Å²) in [5, 5.41) is 1.96. The van der Waals surface area contributed by atoms with Crippen LogP contribution in [0.25, 0.3) is 21.9 Å². The van der Waals surface area contributed by atoms with Gasteiger partial charge in [-0.1, -0.05) is 13.3 Å². The number of furan rings is 1. The minimum absolute atomic E-state index is 0.355. The molecule has 0 radical (unpaired) electrons. The fourth-order valence-electron chi connectivity index (χ4n) is 2.45. The lowest BCUT2D eigenvalue weighted by atomic mass is 10.0. The Hall–Kier alpha value is -2.07. The molecular weight excluding hydrogens is 242 g/mol. The second kappa shape index (κ2) is 4.55. The smallest absolute Gasteiger partial charge is 0.336 e. The van der Waals surface area contributed by atoms with Gasteiger partial charge in [0.15, 0.2) is 0 Å². The molecule has 3 aromatic rings. The van der Waals surface area contributed by atoms with Crippen LogP contribution in [0.2, 0.25) is 0 Å². The molecule has 0 bridgehead atoms. The van der Waals surface area contributed by atoms with Crippen molar-refractivity contribution < 1.29 is 8.83 Å².